The van der Waals surface area contributed by atoms with Gasteiger partial charge in [0.2, 0.25) is 0 Å². The second-order valence-electron chi connectivity index (χ2n) is 14.6. The highest BCUT2D eigenvalue weighted by atomic mass is 16.3. The molecule has 4 heterocycles. The standard InChI is InChI=1S/C52H30N4O2/c1-2-11-31(12-3-1)50-54-51(34-23-22-32-25-33-13-10-24-53-45(33)30-35(32)26-34)56-52(55-50)38-28-36(39-16-8-18-43-41-14-4-6-20-46(41)57-48(39)43)27-37(29-38)40-17-9-19-44-42-15-5-7-21-47(42)58-49(40)44/h1-30H. The van der Waals surface area contributed by atoms with Crippen molar-refractivity contribution in [3.8, 4) is 56.4 Å². The average Bonchev–Trinajstić information content (AvgIpc) is 3.87. The van der Waals surface area contributed by atoms with Crippen molar-refractivity contribution in [2.75, 3.05) is 0 Å². The van der Waals surface area contributed by atoms with Gasteiger partial charge in [-0.05, 0) is 76.5 Å². The van der Waals surface area contributed by atoms with E-state index in [9.17, 15) is 0 Å². The van der Waals surface area contributed by atoms with Crippen molar-refractivity contribution in [1.82, 2.24) is 19.9 Å². The zero-order chi connectivity index (χ0) is 38.2. The lowest BCUT2D eigenvalue weighted by Gasteiger charge is -2.13. The highest BCUT2D eigenvalue weighted by Crippen LogP contribution is 2.42. The minimum atomic E-state index is 0.556. The molecule has 6 nitrogen and oxygen atoms in total. The molecule has 0 bridgehead atoms. The van der Waals surface area contributed by atoms with Crippen LogP contribution in [0.5, 0.6) is 0 Å². The number of nitrogens with zero attached hydrogens (tertiary/aromatic N) is 4. The van der Waals surface area contributed by atoms with E-state index in [2.05, 4.69) is 108 Å². The van der Waals surface area contributed by atoms with Crippen LogP contribution in [0.4, 0.5) is 0 Å². The molecule has 6 heteroatoms. The second-order valence-corrected chi connectivity index (χ2v) is 14.6. The Morgan fingerprint density at radius 3 is 1.57 bits per heavy atom. The molecule has 0 spiro atoms. The molecule has 8 aromatic carbocycles. The number of pyridine rings is 1. The molecule has 0 fully saturated rings. The van der Waals surface area contributed by atoms with E-state index in [1.54, 1.807) is 0 Å². The maximum atomic E-state index is 6.59. The Balaban J connectivity index is 1.11. The lowest BCUT2D eigenvalue weighted by molar-refractivity contribution is 0.670. The maximum absolute atomic E-state index is 6.59. The van der Waals surface area contributed by atoms with Gasteiger partial charge in [0, 0.05) is 60.9 Å². The van der Waals surface area contributed by atoms with Crippen LogP contribution in [0.25, 0.3) is 122 Å². The topological polar surface area (TPSA) is 77.8 Å². The van der Waals surface area contributed by atoms with Crippen molar-refractivity contribution >= 4 is 65.6 Å². The molecule has 0 saturated carbocycles. The van der Waals surface area contributed by atoms with Crippen molar-refractivity contribution in [3.05, 3.63) is 182 Å². The number of aromatic nitrogens is 4. The second kappa shape index (κ2) is 12.8. The highest BCUT2D eigenvalue weighted by molar-refractivity contribution is 6.12. The Bertz CT molecular complexity index is 3450. The fraction of sp³-hybridized carbons (Fsp3) is 0. The summed E-state index contributed by atoms with van der Waals surface area (Å²) >= 11 is 0. The van der Waals surface area contributed by atoms with Crippen LogP contribution in [-0.2, 0) is 0 Å². The van der Waals surface area contributed by atoms with E-state index in [0.717, 1.165) is 104 Å². The van der Waals surface area contributed by atoms with E-state index >= 15 is 0 Å². The third-order valence-electron chi connectivity index (χ3n) is 11.1. The molecule has 0 aliphatic heterocycles. The lowest BCUT2D eigenvalue weighted by Crippen LogP contribution is -2.00. The Kier molecular flexibility index (Phi) is 7.13. The molecule has 0 aliphatic carbocycles. The monoisotopic (exact) mass is 742 g/mol. The summed E-state index contributed by atoms with van der Waals surface area (Å²) in [6, 6.07) is 60.4. The molecule has 270 valence electrons. The van der Waals surface area contributed by atoms with E-state index in [1.165, 1.54) is 0 Å². The molecule has 0 saturated heterocycles. The zero-order valence-electron chi connectivity index (χ0n) is 30.9. The Labute approximate surface area is 331 Å². The van der Waals surface area contributed by atoms with Crippen LogP contribution in [0.3, 0.4) is 0 Å². The Hall–Kier alpha value is -7.96. The predicted molar refractivity (Wildman–Crippen MR) is 234 cm³/mol. The van der Waals surface area contributed by atoms with Crippen LogP contribution in [0.1, 0.15) is 0 Å². The number of hydrogen-bond acceptors (Lipinski definition) is 6. The number of hydrogen-bond donors (Lipinski definition) is 0. The van der Waals surface area contributed by atoms with Gasteiger partial charge in [0.15, 0.2) is 17.5 Å². The van der Waals surface area contributed by atoms with Gasteiger partial charge < -0.3 is 8.83 Å². The molecule has 0 radical (unpaired) electrons. The third kappa shape index (κ3) is 5.27. The molecule has 58 heavy (non-hydrogen) atoms. The first-order valence-corrected chi connectivity index (χ1v) is 19.3. The van der Waals surface area contributed by atoms with Gasteiger partial charge in [0.1, 0.15) is 22.3 Å². The number of benzene rings is 8. The Morgan fingerprint density at radius 2 is 0.897 bits per heavy atom. The van der Waals surface area contributed by atoms with Crippen molar-refractivity contribution in [3.63, 3.8) is 0 Å². The SMILES string of the molecule is c1ccc(-c2nc(-c3cc(-c4cccc5c4oc4ccccc45)cc(-c4cccc5c4oc4ccccc45)c3)nc(-c3ccc4cc5cccnc5cc4c3)n2)cc1. The summed E-state index contributed by atoms with van der Waals surface area (Å²) in [6.45, 7) is 0. The molecule has 12 aromatic rings. The van der Waals surface area contributed by atoms with Gasteiger partial charge in [-0.3, -0.25) is 4.98 Å². The van der Waals surface area contributed by atoms with Crippen LogP contribution < -0.4 is 0 Å². The molecule has 0 atom stereocenters. The van der Waals surface area contributed by atoms with Gasteiger partial charge in [-0.2, -0.15) is 0 Å². The summed E-state index contributed by atoms with van der Waals surface area (Å²) in [5, 5.41) is 7.57. The smallest absolute Gasteiger partial charge is 0.164 e. The first kappa shape index (κ1) is 32.3. The largest absolute Gasteiger partial charge is 0.455 e. The fourth-order valence-corrected chi connectivity index (χ4v) is 8.32. The summed E-state index contributed by atoms with van der Waals surface area (Å²) in [4.78, 5) is 20.1. The highest BCUT2D eigenvalue weighted by Gasteiger charge is 2.20. The van der Waals surface area contributed by atoms with Gasteiger partial charge in [-0.25, -0.2) is 15.0 Å². The molecule has 0 amide bonds. The van der Waals surface area contributed by atoms with E-state index in [4.69, 9.17) is 23.8 Å². The van der Waals surface area contributed by atoms with Crippen molar-refractivity contribution in [1.29, 1.82) is 0 Å². The summed E-state index contributed by atoms with van der Waals surface area (Å²) in [6.07, 6.45) is 1.83. The van der Waals surface area contributed by atoms with Crippen LogP contribution in [0, 0.1) is 0 Å². The molecule has 0 aliphatic rings. The van der Waals surface area contributed by atoms with Crippen LogP contribution in [0.2, 0.25) is 0 Å². The fourth-order valence-electron chi connectivity index (χ4n) is 8.32. The van der Waals surface area contributed by atoms with Crippen molar-refractivity contribution in [2.45, 2.75) is 0 Å². The van der Waals surface area contributed by atoms with Crippen LogP contribution in [0.15, 0.2) is 191 Å². The first-order valence-electron chi connectivity index (χ1n) is 19.3. The van der Waals surface area contributed by atoms with Gasteiger partial charge in [0.05, 0.1) is 5.52 Å². The van der Waals surface area contributed by atoms with E-state index < -0.39 is 0 Å². The number of furan rings is 2. The minimum absolute atomic E-state index is 0.556. The van der Waals surface area contributed by atoms with E-state index in [1.807, 2.05) is 79.0 Å². The first-order chi connectivity index (χ1) is 28.7. The minimum Gasteiger partial charge on any atom is -0.455 e. The number of fused-ring (bicyclic) bond motifs is 8. The quantitative estimate of drug-likeness (QED) is 0.163. The van der Waals surface area contributed by atoms with E-state index in [0.29, 0.717) is 17.5 Å². The summed E-state index contributed by atoms with van der Waals surface area (Å²) < 4.78 is 13.2. The van der Waals surface area contributed by atoms with Crippen LogP contribution >= 0.6 is 0 Å². The molecule has 12 rings (SSSR count). The maximum Gasteiger partial charge on any atom is 0.164 e. The van der Waals surface area contributed by atoms with Crippen LogP contribution in [-0.4, -0.2) is 19.9 Å². The third-order valence-corrected chi connectivity index (χ3v) is 11.1. The molecule has 4 aromatic heterocycles. The molecular formula is C52H30N4O2. The zero-order valence-corrected chi connectivity index (χ0v) is 30.9. The normalized spacial score (nSPS) is 11.8. The molecule has 0 unspecified atom stereocenters. The Morgan fingerprint density at radius 1 is 0.328 bits per heavy atom. The van der Waals surface area contributed by atoms with E-state index in [-0.39, 0.29) is 0 Å². The van der Waals surface area contributed by atoms with Crippen molar-refractivity contribution < 1.29 is 8.83 Å². The summed E-state index contributed by atoms with van der Waals surface area (Å²) in [5.41, 5.74) is 10.8. The lowest BCUT2D eigenvalue weighted by atomic mass is 9.94. The van der Waals surface area contributed by atoms with Gasteiger partial charge in [0.25, 0.3) is 0 Å². The van der Waals surface area contributed by atoms with Gasteiger partial charge in [-0.1, -0.05) is 121 Å². The average molecular weight is 743 g/mol. The number of rotatable bonds is 5. The van der Waals surface area contributed by atoms with Gasteiger partial charge in [-0.15, -0.1) is 0 Å². The summed E-state index contributed by atoms with van der Waals surface area (Å²) in [5.74, 6) is 1.73. The summed E-state index contributed by atoms with van der Waals surface area (Å²) in [7, 11) is 0. The predicted octanol–water partition coefficient (Wildman–Crippen LogP) is 13.7. The number of para-hydroxylation sites is 4. The van der Waals surface area contributed by atoms with Gasteiger partial charge >= 0.3 is 0 Å². The molecular weight excluding hydrogens is 713 g/mol. The van der Waals surface area contributed by atoms with Crippen molar-refractivity contribution in [2.24, 2.45) is 0 Å². The molecule has 0 N–H and O–H groups in total.